The summed E-state index contributed by atoms with van der Waals surface area (Å²) in [5.41, 5.74) is 0.584. The highest BCUT2D eigenvalue weighted by molar-refractivity contribution is 9.13. The van der Waals surface area contributed by atoms with E-state index >= 15 is 0 Å². The van der Waals surface area contributed by atoms with Gasteiger partial charge in [0, 0.05) is 4.47 Å². The Balaban J connectivity index is 2.83. The lowest BCUT2D eigenvalue weighted by atomic mass is 10.1. The third-order valence-electron chi connectivity index (χ3n) is 1.70. The molecule has 0 saturated carbocycles. The van der Waals surface area contributed by atoms with Crippen LogP contribution in [0.4, 0.5) is 4.39 Å². The predicted molar refractivity (Wildman–Crippen MR) is 62.1 cm³/mol. The van der Waals surface area contributed by atoms with E-state index in [4.69, 9.17) is 4.74 Å². The molecule has 1 aromatic carbocycles. The molecule has 5 heteroatoms. The van der Waals surface area contributed by atoms with Crippen molar-refractivity contribution in [1.29, 1.82) is 0 Å². The molecule has 0 fully saturated rings. The van der Waals surface area contributed by atoms with Crippen LogP contribution in [0.15, 0.2) is 21.1 Å². The lowest BCUT2D eigenvalue weighted by Crippen LogP contribution is -2.07. The van der Waals surface area contributed by atoms with Crippen molar-refractivity contribution in [2.75, 3.05) is 6.61 Å². The van der Waals surface area contributed by atoms with Crippen LogP contribution in [0.25, 0.3) is 0 Å². The van der Waals surface area contributed by atoms with Gasteiger partial charge in [-0.25, -0.2) is 4.39 Å². The summed E-state index contributed by atoms with van der Waals surface area (Å²) in [4.78, 5) is 11.1. The summed E-state index contributed by atoms with van der Waals surface area (Å²) >= 11 is 6.26. The number of hydrogen-bond acceptors (Lipinski definition) is 2. The number of ether oxygens (including phenoxy) is 1. The molecule has 0 aliphatic heterocycles. The largest absolute Gasteiger partial charge is 0.466 e. The Kier molecular flexibility index (Phi) is 4.73. The molecule has 0 aliphatic rings. The van der Waals surface area contributed by atoms with Crippen LogP contribution in [-0.2, 0) is 16.0 Å². The van der Waals surface area contributed by atoms with Gasteiger partial charge >= 0.3 is 5.97 Å². The summed E-state index contributed by atoms with van der Waals surface area (Å²) < 4.78 is 19.0. The van der Waals surface area contributed by atoms with E-state index in [2.05, 4.69) is 31.9 Å². The second-order valence-corrected chi connectivity index (χ2v) is 4.50. The molecule has 0 bridgehead atoms. The van der Waals surface area contributed by atoms with Crippen molar-refractivity contribution >= 4 is 37.8 Å². The quantitative estimate of drug-likeness (QED) is 0.622. The number of halogens is 3. The Morgan fingerprint density at radius 3 is 2.67 bits per heavy atom. The molecule has 0 radical (unpaired) electrons. The number of rotatable bonds is 3. The number of benzene rings is 1. The molecule has 0 aromatic heterocycles. The summed E-state index contributed by atoms with van der Waals surface area (Å²) in [5.74, 6) is -0.755. The van der Waals surface area contributed by atoms with Crippen molar-refractivity contribution < 1.29 is 13.9 Å². The fourth-order valence-electron chi connectivity index (χ4n) is 1.09. The molecule has 15 heavy (non-hydrogen) atoms. The summed E-state index contributed by atoms with van der Waals surface area (Å²) in [7, 11) is 0. The Bertz CT molecular complexity index is 357. The molecule has 82 valence electrons. The van der Waals surface area contributed by atoms with Gasteiger partial charge in [-0.2, -0.15) is 0 Å². The Hall–Kier alpha value is -0.420. The summed E-state index contributed by atoms with van der Waals surface area (Å²) in [6, 6.07) is 3.00. The fraction of sp³-hybridized carbons (Fsp3) is 0.300. The van der Waals surface area contributed by atoms with Gasteiger partial charge in [-0.15, -0.1) is 0 Å². The number of hydrogen-bond donors (Lipinski definition) is 0. The predicted octanol–water partition coefficient (Wildman–Crippen LogP) is 3.46. The van der Waals surface area contributed by atoms with E-state index < -0.39 is 5.82 Å². The molecule has 0 amide bonds. The minimum absolute atomic E-state index is 0.0800. The average molecular weight is 340 g/mol. The first-order chi connectivity index (χ1) is 7.04. The van der Waals surface area contributed by atoms with Gasteiger partial charge in [0.2, 0.25) is 0 Å². The van der Waals surface area contributed by atoms with E-state index in [-0.39, 0.29) is 12.4 Å². The zero-order chi connectivity index (χ0) is 11.4. The molecule has 1 aromatic rings. The van der Waals surface area contributed by atoms with Gasteiger partial charge in [0.15, 0.2) is 0 Å². The molecule has 0 spiro atoms. The number of esters is 1. The van der Waals surface area contributed by atoms with Crippen LogP contribution < -0.4 is 0 Å². The molecule has 0 unspecified atom stereocenters. The van der Waals surface area contributed by atoms with Gasteiger partial charge in [0.05, 0.1) is 17.5 Å². The monoisotopic (exact) mass is 338 g/mol. The zero-order valence-electron chi connectivity index (χ0n) is 8.02. The second-order valence-electron chi connectivity index (χ2n) is 2.86. The van der Waals surface area contributed by atoms with Crippen LogP contribution in [0, 0.1) is 5.82 Å². The first-order valence-corrected chi connectivity index (χ1v) is 5.92. The van der Waals surface area contributed by atoms with E-state index in [9.17, 15) is 9.18 Å². The highest BCUT2D eigenvalue weighted by Crippen LogP contribution is 2.27. The van der Waals surface area contributed by atoms with Gasteiger partial charge < -0.3 is 4.74 Å². The van der Waals surface area contributed by atoms with Gasteiger partial charge in [-0.05, 0) is 56.5 Å². The van der Waals surface area contributed by atoms with Crippen LogP contribution in [0.2, 0.25) is 0 Å². The van der Waals surface area contributed by atoms with Gasteiger partial charge in [-0.1, -0.05) is 0 Å². The Labute approximate surface area is 104 Å². The van der Waals surface area contributed by atoms with Crippen molar-refractivity contribution in [3.63, 3.8) is 0 Å². The van der Waals surface area contributed by atoms with Crippen molar-refractivity contribution in [2.24, 2.45) is 0 Å². The number of carbonyl (C=O) groups is 1. The standard InChI is InChI=1S/C10H9Br2FO2/c1-2-15-9(14)5-6-3-7(11)10(12)8(13)4-6/h3-4H,2,5H2,1H3. The van der Waals surface area contributed by atoms with Crippen LogP contribution in [0.3, 0.4) is 0 Å². The third kappa shape index (κ3) is 3.57. The van der Waals surface area contributed by atoms with Crippen LogP contribution in [0.5, 0.6) is 0 Å². The van der Waals surface area contributed by atoms with E-state index in [1.54, 1.807) is 13.0 Å². The smallest absolute Gasteiger partial charge is 0.310 e. The van der Waals surface area contributed by atoms with E-state index in [1.807, 2.05) is 0 Å². The van der Waals surface area contributed by atoms with Gasteiger partial charge in [-0.3, -0.25) is 4.79 Å². The van der Waals surface area contributed by atoms with Gasteiger partial charge in [0.25, 0.3) is 0 Å². The normalized spacial score (nSPS) is 10.1. The molecular formula is C10H9Br2FO2. The van der Waals surface area contributed by atoms with E-state index in [0.29, 0.717) is 21.1 Å². The fourth-order valence-corrected chi connectivity index (χ4v) is 1.80. The highest BCUT2D eigenvalue weighted by atomic mass is 79.9. The molecule has 1 rings (SSSR count). The molecular weight excluding hydrogens is 331 g/mol. The summed E-state index contributed by atoms with van der Waals surface area (Å²) in [6.45, 7) is 2.06. The Morgan fingerprint density at radius 1 is 1.47 bits per heavy atom. The SMILES string of the molecule is CCOC(=O)Cc1cc(F)c(Br)c(Br)c1. The first-order valence-electron chi connectivity index (χ1n) is 4.33. The van der Waals surface area contributed by atoms with Crippen molar-refractivity contribution in [2.45, 2.75) is 13.3 Å². The van der Waals surface area contributed by atoms with Crippen LogP contribution in [0.1, 0.15) is 12.5 Å². The third-order valence-corrected chi connectivity index (χ3v) is 3.66. The molecule has 0 saturated heterocycles. The van der Waals surface area contributed by atoms with Crippen LogP contribution in [-0.4, -0.2) is 12.6 Å². The lowest BCUT2D eigenvalue weighted by Gasteiger charge is -2.04. The highest BCUT2D eigenvalue weighted by Gasteiger charge is 2.10. The van der Waals surface area contributed by atoms with Crippen molar-refractivity contribution in [3.05, 3.63) is 32.5 Å². The zero-order valence-corrected chi connectivity index (χ0v) is 11.2. The lowest BCUT2D eigenvalue weighted by molar-refractivity contribution is -0.142. The Morgan fingerprint density at radius 2 is 2.13 bits per heavy atom. The van der Waals surface area contributed by atoms with Crippen LogP contribution >= 0.6 is 31.9 Å². The maximum Gasteiger partial charge on any atom is 0.310 e. The van der Waals surface area contributed by atoms with E-state index in [0.717, 1.165) is 0 Å². The van der Waals surface area contributed by atoms with Crippen molar-refractivity contribution in [1.82, 2.24) is 0 Å². The molecule has 0 heterocycles. The molecule has 0 atom stereocenters. The maximum absolute atomic E-state index is 13.2. The summed E-state index contributed by atoms with van der Waals surface area (Å²) in [6.07, 6.45) is 0.0800. The molecule has 0 aliphatic carbocycles. The maximum atomic E-state index is 13.2. The molecule has 0 N–H and O–H groups in total. The summed E-state index contributed by atoms with van der Waals surface area (Å²) in [5, 5.41) is 0. The average Bonchev–Trinajstić information content (AvgIpc) is 2.14. The number of carbonyl (C=O) groups excluding carboxylic acids is 1. The second kappa shape index (κ2) is 5.61. The first kappa shape index (κ1) is 12.6. The van der Waals surface area contributed by atoms with Crippen molar-refractivity contribution in [3.8, 4) is 0 Å². The van der Waals surface area contributed by atoms with Gasteiger partial charge in [0.1, 0.15) is 5.82 Å². The molecule has 2 nitrogen and oxygen atoms in total. The topological polar surface area (TPSA) is 26.3 Å². The minimum Gasteiger partial charge on any atom is -0.466 e. The van der Waals surface area contributed by atoms with E-state index in [1.165, 1.54) is 6.07 Å². The minimum atomic E-state index is -0.399.